The standard InChI is InChI=1S/C14H24N2O4/c1-6-15-14(4,12(19)20-5)7-8-16-10(17)9-13(2,3)11(16)18/h15H,6-9H2,1-5H3. The van der Waals surface area contributed by atoms with E-state index in [4.69, 9.17) is 4.74 Å². The van der Waals surface area contributed by atoms with Gasteiger partial charge in [-0.3, -0.25) is 19.3 Å². The molecule has 1 atom stereocenters. The Morgan fingerprint density at radius 1 is 1.45 bits per heavy atom. The summed E-state index contributed by atoms with van der Waals surface area (Å²) in [5.41, 5.74) is -1.53. The van der Waals surface area contributed by atoms with Crippen LogP contribution in [0.5, 0.6) is 0 Å². The highest BCUT2D eigenvalue weighted by Crippen LogP contribution is 2.32. The van der Waals surface area contributed by atoms with E-state index in [-0.39, 0.29) is 24.8 Å². The Balaban J connectivity index is 2.76. The molecule has 1 saturated heterocycles. The molecule has 0 bridgehead atoms. The Kier molecular flexibility index (Phi) is 4.91. The van der Waals surface area contributed by atoms with Gasteiger partial charge in [0.2, 0.25) is 11.8 Å². The van der Waals surface area contributed by atoms with Gasteiger partial charge >= 0.3 is 5.97 Å². The first-order valence-corrected chi connectivity index (χ1v) is 6.86. The van der Waals surface area contributed by atoms with E-state index in [1.54, 1.807) is 20.8 Å². The summed E-state index contributed by atoms with van der Waals surface area (Å²) in [6.45, 7) is 7.95. The molecule has 0 radical (unpaired) electrons. The van der Waals surface area contributed by atoms with Crippen LogP contribution in [0, 0.1) is 5.41 Å². The van der Waals surface area contributed by atoms with Crippen LogP contribution in [0.2, 0.25) is 0 Å². The molecule has 0 spiro atoms. The SMILES string of the molecule is CCNC(C)(CCN1C(=O)CC(C)(C)C1=O)C(=O)OC. The molecule has 0 saturated carbocycles. The predicted molar refractivity (Wildman–Crippen MR) is 73.8 cm³/mol. The number of nitrogens with zero attached hydrogens (tertiary/aromatic N) is 1. The molecule has 1 unspecified atom stereocenters. The van der Waals surface area contributed by atoms with E-state index in [2.05, 4.69) is 5.32 Å². The molecule has 1 aliphatic rings. The van der Waals surface area contributed by atoms with Gasteiger partial charge in [-0.05, 0) is 19.9 Å². The van der Waals surface area contributed by atoms with Crippen LogP contribution < -0.4 is 5.32 Å². The lowest BCUT2D eigenvalue weighted by Crippen LogP contribution is -2.52. The molecule has 1 aliphatic heterocycles. The molecule has 1 heterocycles. The fraction of sp³-hybridized carbons (Fsp3) is 0.786. The summed E-state index contributed by atoms with van der Waals surface area (Å²) >= 11 is 0. The molecule has 1 rings (SSSR count). The number of amides is 2. The van der Waals surface area contributed by atoms with Gasteiger partial charge in [0.05, 0.1) is 12.5 Å². The van der Waals surface area contributed by atoms with Crippen molar-refractivity contribution in [1.29, 1.82) is 0 Å². The summed E-state index contributed by atoms with van der Waals surface area (Å²) in [4.78, 5) is 37.1. The van der Waals surface area contributed by atoms with E-state index in [9.17, 15) is 14.4 Å². The van der Waals surface area contributed by atoms with Crippen LogP contribution in [0.1, 0.15) is 40.5 Å². The van der Waals surface area contributed by atoms with Crippen LogP contribution in [0.4, 0.5) is 0 Å². The summed E-state index contributed by atoms with van der Waals surface area (Å²) in [7, 11) is 1.33. The fourth-order valence-electron chi connectivity index (χ4n) is 2.47. The second-order valence-electron chi connectivity index (χ2n) is 6.02. The molecule has 2 amide bonds. The van der Waals surface area contributed by atoms with Crippen molar-refractivity contribution in [3.05, 3.63) is 0 Å². The van der Waals surface area contributed by atoms with Crippen LogP contribution in [-0.4, -0.2) is 48.4 Å². The molecule has 114 valence electrons. The van der Waals surface area contributed by atoms with Crippen molar-refractivity contribution in [1.82, 2.24) is 10.2 Å². The molecule has 0 aromatic rings. The van der Waals surface area contributed by atoms with Crippen LogP contribution >= 0.6 is 0 Å². The van der Waals surface area contributed by atoms with Gasteiger partial charge in [-0.2, -0.15) is 0 Å². The molecular formula is C14H24N2O4. The van der Waals surface area contributed by atoms with E-state index in [1.165, 1.54) is 12.0 Å². The molecule has 0 aromatic heterocycles. The molecule has 1 fully saturated rings. The molecule has 6 heteroatoms. The van der Waals surface area contributed by atoms with Crippen molar-refractivity contribution in [2.45, 2.75) is 46.1 Å². The normalized spacial score (nSPS) is 20.9. The van der Waals surface area contributed by atoms with Crippen molar-refractivity contribution in [2.24, 2.45) is 5.41 Å². The largest absolute Gasteiger partial charge is 0.468 e. The van der Waals surface area contributed by atoms with Crippen molar-refractivity contribution in [3.63, 3.8) is 0 Å². The summed E-state index contributed by atoms with van der Waals surface area (Å²) in [6.07, 6.45) is 0.559. The first-order valence-electron chi connectivity index (χ1n) is 6.86. The zero-order chi connectivity index (χ0) is 15.6. The topological polar surface area (TPSA) is 75.7 Å². The molecule has 20 heavy (non-hydrogen) atoms. The molecule has 6 nitrogen and oxygen atoms in total. The highest BCUT2D eigenvalue weighted by molar-refractivity contribution is 6.05. The summed E-state index contributed by atoms with van der Waals surface area (Å²) < 4.78 is 4.79. The van der Waals surface area contributed by atoms with Gasteiger partial charge in [0.15, 0.2) is 0 Å². The van der Waals surface area contributed by atoms with Crippen molar-refractivity contribution >= 4 is 17.8 Å². The van der Waals surface area contributed by atoms with Gasteiger partial charge in [-0.15, -0.1) is 0 Å². The second-order valence-corrected chi connectivity index (χ2v) is 6.02. The van der Waals surface area contributed by atoms with Gasteiger partial charge in [0.25, 0.3) is 0 Å². The van der Waals surface area contributed by atoms with Crippen molar-refractivity contribution in [3.8, 4) is 0 Å². The Bertz CT molecular complexity index is 419. The molecule has 1 N–H and O–H groups in total. The van der Waals surface area contributed by atoms with E-state index >= 15 is 0 Å². The minimum atomic E-state index is -0.892. The van der Waals surface area contributed by atoms with Crippen molar-refractivity contribution < 1.29 is 19.1 Å². The predicted octanol–water partition coefficient (Wildman–Crippen LogP) is 0.703. The molecule has 0 aromatic carbocycles. The number of likely N-dealkylation sites (N-methyl/N-ethyl adjacent to an activating group) is 1. The second kappa shape index (κ2) is 5.91. The lowest BCUT2D eigenvalue weighted by Gasteiger charge is -2.29. The third kappa shape index (κ3) is 3.17. The number of nitrogens with one attached hydrogen (secondary N) is 1. The van der Waals surface area contributed by atoms with E-state index in [0.29, 0.717) is 13.0 Å². The highest BCUT2D eigenvalue weighted by Gasteiger charge is 2.45. The third-order valence-corrected chi connectivity index (χ3v) is 3.76. The minimum absolute atomic E-state index is 0.175. The number of hydrogen-bond donors (Lipinski definition) is 1. The molecule has 0 aliphatic carbocycles. The average Bonchev–Trinajstić information content (AvgIpc) is 2.56. The lowest BCUT2D eigenvalue weighted by atomic mass is 9.92. The summed E-state index contributed by atoms with van der Waals surface area (Å²) in [5, 5.41) is 3.06. The Labute approximate surface area is 119 Å². The van der Waals surface area contributed by atoms with E-state index in [0.717, 1.165) is 0 Å². The van der Waals surface area contributed by atoms with Crippen LogP contribution in [0.25, 0.3) is 0 Å². The summed E-state index contributed by atoms with van der Waals surface area (Å²) in [5.74, 6) is -0.743. The number of hydrogen-bond acceptors (Lipinski definition) is 5. The van der Waals surface area contributed by atoms with Gasteiger partial charge in [-0.25, -0.2) is 0 Å². The maximum absolute atomic E-state index is 12.1. The van der Waals surface area contributed by atoms with Gasteiger partial charge in [-0.1, -0.05) is 20.8 Å². The third-order valence-electron chi connectivity index (χ3n) is 3.76. The zero-order valence-corrected chi connectivity index (χ0v) is 12.9. The minimum Gasteiger partial charge on any atom is -0.468 e. The highest BCUT2D eigenvalue weighted by atomic mass is 16.5. The van der Waals surface area contributed by atoms with E-state index in [1.807, 2.05) is 6.92 Å². The smallest absolute Gasteiger partial charge is 0.325 e. The maximum Gasteiger partial charge on any atom is 0.325 e. The van der Waals surface area contributed by atoms with Gasteiger partial charge in [0.1, 0.15) is 5.54 Å². The van der Waals surface area contributed by atoms with Crippen LogP contribution in [0.3, 0.4) is 0 Å². The molecular weight excluding hydrogens is 260 g/mol. The number of methoxy groups -OCH3 is 1. The fourth-order valence-corrected chi connectivity index (χ4v) is 2.47. The first kappa shape index (κ1) is 16.6. The summed E-state index contributed by atoms with van der Waals surface area (Å²) in [6, 6.07) is 0. The Morgan fingerprint density at radius 3 is 2.45 bits per heavy atom. The lowest BCUT2D eigenvalue weighted by molar-refractivity contribution is -0.150. The van der Waals surface area contributed by atoms with Crippen molar-refractivity contribution in [2.75, 3.05) is 20.2 Å². The number of ether oxygens (including phenoxy) is 1. The van der Waals surface area contributed by atoms with Crippen LogP contribution in [-0.2, 0) is 19.1 Å². The van der Waals surface area contributed by atoms with Crippen LogP contribution in [0.15, 0.2) is 0 Å². The Morgan fingerprint density at radius 2 is 2.05 bits per heavy atom. The first-order chi connectivity index (χ1) is 9.18. The Hall–Kier alpha value is -1.43. The quantitative estimate of drug-likeness (QED) is 0.574. The number of likely N-dealkylation sites (tertiary alicyclic amines) is 1. The number of esters is 1. The van der Waals surface area contributed by atoms with E-state index < -0.39 is 16.9 Å². The van der Waals surface area contributed by atoms with Gasteiger partial charge in [0, 0.05) is 13.0 Å². The zero-order valence-electron chi connectivity index (χ0n) is 12.9. The number of carbonyl (C=O) groups is 3. The van der Waals surface area contributed by atoms with Gasteiger partial charge < -0.3 is 10.1 Å². The average molecular weight is 284 g/mol. The number of carbonyl (C=O) groups excluding carboxylic acids is 3. The maximum atomic E-state index is 12.1. The number of rotatable bonds is 6. The number of imide groups is 1. The monoisotopic (exact) mass is 284 g/mol.